The van der Waals surface area contributed by atoms with Crippen molar-refractivity contribution in [2.24, 2.45) is 0 Å². The Morgan fingerprint density at radius 3 is 2.83 bits per heavy atom. The van der Waals surface area contributed by atoms with Crippen LogP contribution >= 0.6 is 0 Å². The monoisotopic (exact) mass is 168 g/mol. The first-order valence-corrected chi connectivity index (χ1v) is 3.97. The maximum atomic E-state index is 11.1. The van der Waals surface area contributed by atoms with Crippen molar-refractivity contribution in [2.75, 3.05) is 6.54 Å². The lowest BCUT2D eigenvalue weighted by atomic mass is 10.5. The average Bonchev–Trinajstić information content (AvgIpc) is 2.52. The number of nitrogens with zero attached hydrogens (tertiary/aromatic N) is 2. The normalized spacial score (nSPS) is 9.83. The van der Waals surface area contributed by atoms with Crippen molar-refractivity contribution in [3.05, 3.63) is 11.6 Å². The molecule has 0 unspecified atom stereocenters. The molecule has 1 aromatic rings. The molecule has 0 radical (unpaired) electrons. The van der Waals surface area contributed by atoms with Crippen molar-refractivity contribution in [3.8, 4) is 0 Å². The van der Waals surface area contributed by atoms with Gasteiger partial charge in [0.25, 0.3) is 5.91 Å². The van der Waals surface area contributed by atoms with Gasteiger partial charge in [-0.3, -0.25) is 9.89 Å². The lowest BCUT2D eigenvalue weighted by Crippen LogP contribution is -2.23. The van der Waals surface area contributed by atoms with Gasteiger partial charge in [0.2, 0.25) is 5.82 Å². The zero-order valence-corrected chi connectivity index (χ0v) is 7.22. The number of carbonyl (C=O) groups excluding carboxylic acids is 1. The SMILES string of the molecule is CCNC(=O)c1n[nH]c(CC)n1. The van der Waals surface area contributed by atoms with Crippen molar-refractivity contribution in [2.45, 2.75) is 20.3 Å². The van der Waals surface area contributed by atoms with Crippen LogP contribution in [0.4, 0.5) is 0 Å². The number of H-pyrrole nitrogens is 1. The number of hydrogen-bond acceptors (Lipinski definition) is 3. The van der Waals surface area contributed by atoms with Crippen LogP contribution in [0.15, 0.2) is 0 Å². The van der Waals surface area contributed by atoms with Gasteiger partial charge in [0.05, 0.1) is 0 Å². The molecule has 0 aliphatic heterocycles. The number of hydrogen-bond donors (Lipinski definition) is 2. The maximum Gasteiger partial charge on any atom is 0.290 e. The molecule has 1 heterocycles. The van der Waals surface area contributed by atoms with E-state index in [4.69, 9.17) is 0 Å². The molecule has 1 rings (SSSR count). The summed E-state index contributed by atoms with van der Waals surface area (Å²) in [5.74, 6) is 0.721. The van der Waals surface area contributed by atoms with E-state index in [1.54, 1.807) is 0 Å². The van der Waals surface area contributed by atoms with E-state index >= 15 is 0 Å². The summed E-state index contributed by atoms with van der Waals surface area (Å²) in [5, 5.41) is 9.05. The zero-order chi connectivity index (χ0) is 8.97. The lowest BCUT2D eigenvalue weighted by molar-refractivity contribution is 0.0946. The fraction of sp³-hybridized carbons (Fsp3) is 0.571. The van der Waals surface area contributed by atoms with E-state index in [9.17, 15) is 4.79 Å². The molecule has 0 aliphatic carbocycles. The summed E-state index contributed by atoms with van der Waals surface area (Å²) in [5.41, 5.74) is 0. The predicted octanol–water partition coefficient (Wildman–Crippen LogP) is 0.117. The van der Waals surface area contributed by atoms with E-state index in [-0.39, 0.29) is 11.7 Å². The van der Waals surface area contributed by atoms with Gasteiger partial charge in [-0.25, -0.2) is 4.98 Å². The van der Waals surface area contributed by atoms with Crippen LogP contribution < -0.4 is 5.32 Å². The molecule has 0 atom stereocenters. The van der Waals surface area contributed by atoms with Crippen LogP contribution in [0.1, 0.15) is 30.3 Å². The third kappa shape index (κ3) is 1.81. The second-order valence-electron chi connectivity index (χ2n) is 2.32. The summed E-state index contributed by atoms with van der Waals surface area (Å²) in [7, 11) is 0. The first-order chi connectivity index (χ1) is 5.77. The van der Waals surface area contributed by atoms with Crippen LogP contribution in [0.2, 0.25) is 0 Å². The molecular formula is C7H12N4O. The quantitative estimate of drug-likeness (QED) is 0.673. The smallest absolute Gasteiger partial charge is 0.290 e. The Morgan fingerprint density at radius 2 is 2.33 bits per heavy atom. The number of nitrogens with one attached hydrogen (secondary N) is 2. The van der Waals surface area contributed by atoms with Gasteiger partial charge in [-0.15, -0.1) is 5.10 Å². The molecule has 0 aromatic carbocycles. The van der Waals surface area contributed by atoms with Crippen molar-refractivity contribution < 1.29 is 4.79 Å². The summed E-state index contributed by atoms with van der Waals surface area (Å²) in [6.07, 6.45) is 0.756. The van der Waals surface area contributed by atoms with Gasteiger partial charge >= 0.3 is 0 Å². The molecule has 0 saturated carbocycles. The summed E-state index contributed by atoms with van der Waals surface area (Å²) >= 11 is 0. The molecule has 0 spiro atoms. The van der Waals surface area contributed by atoms with Gasteiger partial charge in [0, 0.05) is 13.0 Å². The van der Waals surface area contributed by atoms with Crippen molar-refractivity contribution in [1.29, 1.82) is 0 Å². The third-order valence-corrected chi connectivity index (χ3v) is 1.41. The van der Waals surface area contributed by atoms with Gasteiger partial charge < -0.3 is 5.32 Å². The molecule has 12 heavy (non-hydrogen) atoms. The fourth-order valence-electron chi connectivity index (χ4n) is 0.795. The second kappa shape index (κ2) is 3.85. The highest BCUT2D eigenvalue weighted by Crippen LogP contribution is 1.92. The summed E-state index contributed by atoms with van der Waals surface area (Å²) in [6.45, 7) is 4.39. The number of aryl methyl sites for hydroxylation is 1. The molecule has 0 saturated heterocycles. The molecule has 66 valence electrons. The van der Waals surface area contributed by atoms with Crippen LogP contribution in [0.25, 0.3) is 0 Å². The maximum absolute atomic E-state index is 11.1. The largest absolute Gasteiger partial charge is 0.350 e. The molecule has 1 amide bonds. The number of aromatic amines is 1. The van der Waals surface area contributed by atoms with Gasteiger partial charge in [0.1, 0.15) is 5.82 Å². The van der Waals surface area contributed by atoms with E-state index in [1.807, 2.05) is 13.8 Å². The van der Waals surface area contributed by atoms with Gasteiger partial charge in [-0.2, -0.15) is 0 Å². The zero-order valence-electron chi connectivity index (χ0n) is 7.22. The fourth-order valence-corrected chi connectivity index (χ4v) is 0.795. The third-order valence-electron chi connectivity index (χ3n) is 1.41. The minimum absolute atomic E-state index is 0.216. The van der Waals surface area contributed by atoms with E-state index in [1.165, 1.54) is 0 Å². The highest BCUT2D eigenvalue weighted by atomic mass is 16.2. The van der Waals surface area contributed by atoms with E-state index < -0.39 is 0 Å². The lowest BCUT2D eigenvalue weighted by Gasteiger charge is -1.93. The van der Waals surface area contributed by atoms with Crippen LogP contribution in [0.3, 0.4) is 0 Å². The average molecular weight is 168 g/mol. The second-order valence-corrected chi connectivity index (χ2v) is 2.32. The highest BCUT2D eigenvalue weighted by molar-refractivity contribution is 5.90. The molecule has 0 bridgehead atoms. The number of amides is 1. The number of carbonyl (C=O) groups is 1. The van der Waals surface area contributed by atoms with Gasteiger partial charge in [-0.1, -0.05) is 6.92 Å². The first kappa shape index (κ1) is 8.70. The Balaban J connectivity index is 2.68. The summed E-state index contributed by atoms with van der Waals surface area (Å²) < 4.78 is 0. The Bertz CT molecular complexity index is 268. The van der Waals surface area contributed by atoms with Crippen LogP contribution in [0.5, 0.6) is 0 Å². The predicted molar refractivity (Wildman–Crippen MR) is 43.8 cm³/mol. The van der Waals surface area contributed by atoms with Crippen molar-refractivity contribution in [1.82, 2.24) is 20.5 Å². The first-order valence-electron chi connectivity index (χ1n) is 3.97. The number of rotatable bonds is 3. The van der Waals surface area contributed by atoms with Crippen molar-refractivity contribution >= 4 is 5.91 Å². The van der Waals surface area contributed by atoms with E-state index in [0.29, 0.717) is 6.54 Å². The Labute approximate surface area is 70.6 Å². The minimum atomic E-state index is -0.228. The molecule has 0 aliphatic rings. The molecule has 5 heteroatoms. The summed E-state index contributed by atoms with van der Waals surface area (Å²) in [6, 6.07) is 0. The summed E-state index contributed by atoms with van der Waals surface area (Å²) in [4.78, 5) is 15.1. The highest BCUT2D eigenvalue weighted by Gasteiger charge is 2.09. The van der Waals surface area contributed by atoms with E-state index in [2.05, 4.69) is 20.5 Å². The Morgan fingerprint density at radius 1 is 1.58 bits per heavy atom. The van der Waals surface area contributed by atoms with Crippen molar-refractivity contribution in [3.63, 3.8) is 0 Å². The Hall–Kier alpha value is -1.39. The standard InChI is InChI=1S/C7H12N4O/c1-3-5-9-6(11-10-5)7(12)8-4-2/h3-4H2,1-2H3,(H,8,12)(H,9,10,11). The Kier molecular flexibility index (Phi) is 2.79. The van der Waals surface area contributed by atoms with Gasteiger partial charge in [0.15, 0.2) is 0 Å². The molecule has 1 aromatic heterocycles. The van der Waals surface area contributed by atoms with E-state index in [0.717, 1.165) is 12.2 Å². The minimum Gasteiger partial charge on any atom is -0.350 e. The topological polar surface area (TPSA) is 70.7 Å². The van der Waals surface area contributed by atoms with Crippen LogP contribution in [-0.2, 0) is 6.42 Å². The molecule has 0 fully saturated rings. The van der Waals surface area contributed by atoms with Gasteiger partial charge in [-0.05, 0) is 6.92 Å². The number of aromatic nitrogens is 3. The van der Waals surface area contributed by atoms with Crippen LogP contribution in [-0.4, -0.2) is 27.6 Å². The molecule has 2 N–H and O–H groups in total. The molecule has 5 nitrogen and oxygen atoms in total. The van der Waals surface area contributed by atoms with Crippen LogP contribution in [0, 0.1) is 0 Å². The molecular weight excluding hydrogens is 156 g/mol.